The van der Waals surface area contributed by atoms with Gasteiger partial charge in [0.2, 0.25) is 0 Å². The molecule has 0 radical (unpaired) electrons. The van der Waals surface area contributed by atoms with E-state index in [1.165, 1.54) is 7.11 Å². The van der Waals surface area contributed by atoms with Crippen molar-refractivity contribution >= 4 is 11.0 Å². The van der Waals surface area contributed by atoms with Crippen LogP contribution in [0.25, 0.3) is 0 Å². The van der Waals surface area contributed by atoms with Gasteiger partial charge in [-0.05, 0) is 30.7 Å². The second kappa shape index (κ2) is 5.09. The minimum Gasteiger partial charge on any atom is -0.495 e. The number of nitrogens with two attached hydrogens (primary N) is 2. The molecule has 1 rings (SSSR count). The summed E-state index contributed by atoms with van der Waals surface area (Å²) in [6.45, 7) is 0.559. The molecule has 0 aliphatic heterocycles. The van der Waals surface area contributed by atoms with E-state index in [1.807, 2.05) is 6.07 Å². The van der Waals surface area contributed by atoms with Crippen LogP contribution in [0.4, 0.5) is 0 Å². The maximum absolute atomic E-state index is 11.2. The van der Waals surface area contributed by atoms with Gasteiger partial charge in [-0.2, -0.15) is 0 Å². The predicted octanol–water partition coefficient (Wildman–Crippen LogP) is 0.178. The third-order valence-corrected chi connectivity index (χ3v) is 2.63. The lowest BCUT2D eigenvalue weighted by atomic mass is 10.1. The van der Waals surface area contributed by atoms with Crippen LogP contribution in [0.1, 0.15) is 5.56 Å². The fourth-order valence-electron chi connectivity index (χ4n) is 1.20. The lowest BCUT2D eigenvalue weighted by Gasteiger charge is -2.07. The lowest BCUT2D eigenvalue weighted by molar-refractivity contribution is 0.404. The number of ether oxygens (including phenoxy) is 1. The summed E-state index contributed by atoms with van der Waals surface area (Å²) in [6, 6.07) is 5.41. The van der Waals surface area contributed by atoms with E-state index in [-0.39, 0.29) is 0 Å². The number of hydrogen-bond donors (Lipinski definition) is 2. The second-order valence-corrected chi connectivity index (χ2v) is 3.86. The van der Waals surface area contributed by atoms with Gasteiger partial charge in [0.05, 0.1) is 12.0 Å². The van der Waals surface area contributed by atoms with E-state index < -0.39 is 11.0 Å². The van der Waals surface area contributed by atoms with Gasteiger partial charge < -0.3 is 10.5 Å². The van der Waals surface area contributed by atoms with Gasteiger partial charge in [0.1, 0.15) is 16.7 Å². The molecule has 0 saturated carbocycles. The van der Waals surface area contributed by atoms with Crippen LogP contribution in [0.15, 0.2) is 23.1 Å². The van der Waals surface area contributed by atoms with Crippen LogP contribution in [0.2, 0.25) is 0 Å². The predicted molar refractivity (Wildman–Crippen MR) is 56.3 cm³/mol. The van der Waals surface area contributed by atoms with Crippen molar-refractivity contribution in [2.45, 2.75) is 11.3 Å². The van der Waals surface area contributed by atoms with Gasteiger partial charge in [-0.15, -0.1) is 0 Å². The third-order valence-electron chi connectivity index (χ3n) is 1.88. The number of hydrogen-bond acceptors (Lipinski definition) is 3. The average Bonchev–Trinajstić information content (AvgIpc) is 2.18. The van der Waals surface area contributed by atoms with E-state index in [0.717, 1.165) is 12.0 Å². The molecule has 0 heterocycles. The van der Waals surface area contributed by atoms with Crippen LogP contribution in [0.3, 0.4) is 0 Å². The molecule has 0 aliphatic rings. The van der Waals surface area contributed by atoms with Crippen molar-refractivity contribution in [2.75, 3.05) is 13.7 Å². The molecule has 0 fully saturated rings. The molecule has 0 spiro atoms. The van der Waals surface area contributed by atoms with Crippen molar-refractivity contribution in [1.29, 1.82) is 0 Å². The van der Waals surface area contributed by atoms with Gasteiger partial charge in [-0.3, -0.25) is 0 Å². The highest BCUT2D eigenvalue weighted by Gasteiger charge is 2.07. The van der Waals surface area contributed by atoms with Crippen molar-refractivity contribution in [3.8, 4) is 5.75 Å². The maximum Gasteiger partial charge on any atom is 0.136 e. The maximum atomic E-state index is 11.2. The summed E-state index contributed by atoms with van der Waals surface area (Å²) in [5.74, 6) is 0.548. The second-order valence-electron chi connectivity index (χ2n) is 2.82. The molecular weight excluding hydrogens is 200 g/mol. The first kappa shape index (κ1) is 11.2. The highest BCUT2D eigenvalue weighted by atomic mass is 32.2. The van der Waals surface area contributed by atoms with E-state index in [2.05, 4.69) is 0 Å². The molecule has 1 aromatic carbocycles. The number of methoxy groups -OCH3 is 1. The molecule has 0 aromatic heterocycles. The van der Waals surface area contributed by atoms with Crippen LogP contribution >= 0.6 is 0 Å². The zero-order valence-corrected chi connectivity index (χ0v) is 8.84. The summed E-state index contributed by atoms with van der Waals surface area (Å²) in [5.41, 5.74) is 6.43. The molecule has 1 atom stereocenters. The molecule has 1 unspecified atom stereocenters. The van der Waals surface area contributed by atoms with Crippen molar-refractivity contribution < 1.29 is 8.95 Å². The Labute approximate surface area is 85.8 Å². The Morgan fingerprint density at radius 1 is 1.50 bits per heavy atom. The summed E-state index contributed by atoms with van der Waals surface area (Å²) in [7, 11) is 0.00205. The smallest absolute Gasteiger partial charge is 0.136 e. The summed E-state index contributed by atoms with van der Waals surface area (Å²) in [6.07, 6.45) is 0.744. The summed E-state index contributed by atoms with van der Waals surface area (Å²) >= 11 is 0. The first-order valence-corrected chi connectivity index (χ1v) is 5.43. The summed E-state index contributed by atoms with van der Waals surface area (Å²) in [4.78, 5) is 0.512. The van der Waals surface area contributed by atoms with Crippen molar-refractivity contribution in [2.24, 2.45) is 10.9 Å². The fourth-order valence-corrected chi connectivity index (χ4v) is 1.82. The van der Waals surface area contributed by atoms with Crippen LogP contribution in [-0.4, -0.2) is 17.9 Å². The Morgan fingerprint density at radius 2 is 2.21 bits per heavy atom. The topological polar surface area (TPSA) is 78.3 Å². The van der Waals surface area contributed by atoms with Gasteiger partial charge >= 0.3 is 0 Å². The molecule has 0 aliphatic carbocycles. The molecule has 4 nitrogen and oxygen atoms in total. The molecule has 0 bridgehead atoms. The normalized spacial score (nSPS) is 12.5. The van der Waals surface area contributed by atoms with Gasteiger partial charge in [-0.1, -0.05) is 6.07 Å². The van der Waals surface area contributed by atoms with Crippen LogP contribution in [0.5, 0.6) is 5.75 Å². The molecular formula is C9H14N2O2S. The van der Waals surface area contributed by atoms with Gasteiger partial charge in [0, 0.05) is 0 Å². The van der Waals surface area contributed by atoms with E-state index in [4.69, 9.17) is 15.6 Å². The Balaban J connectivity index is 3.07. The minimum atomic E-state index is -1.52. The monoisotopic (exact) mass is 214 g/mol. The van der Waals surface area contributed by atoms with Crippen LogP contribution < -0.4 is 15.6 Å². The van der Waals surface area contributed by atoms with Crippen molar-refractivity contribution in [3.05, 3.63) is 23.8 Å². The van der Waals surface area contributed by atoms with Crippen molar-refractivity contribution in [3.63, 3.8) is 0 Å². The Bertz CT molecular complexity index is 342. The zero-order chi connectivity index (χ0) is 10.6. The summed E-state index contributed by atoms with van der Waals surface area (Å²) < 4.78 is 16.2. The Morgan fingerprint density at radius 3 is 2.71 bits per heavy atom. The van der Waals surface area contributed by atoms with Crippen LogP contribution in [-0.2, 0) is 17.4 Å². The highest BCUT2D eigenvalue weighted by Crippen LogP contribution is 2.21. The quantitative estimate of drug-likeness (QED) is 0.750. The summed E-state index contributed by atoms with van der Waals surface area (Å²) in [5, 5.41) is 5.32. The zero-order valence-electron chi connectivity index (χ0n) is 8.03. The molecule has 5 heteroatoms. The van der Waals surface area contributed by atoms with Crippen LogP contribution in [0, 0.1) is 0 Å². The van der Waals surface area contributed by atoms with E-state index in [1.54, 1.807) is 12.1 Å². The Hall–Kier alpha value is -0.910. The highest BCUT2D eigenvalue weighted by molar-refractivity contribution is 7.82. The van der Waals surface area contributed by atoms with Gasteiger partial charge in [0.25, 0.3) is 0 Å². The standard InChI is InChI=1S/C9H14N2O2S/c1-13-8-3-2-7(4-5-10)6-9(8)14(11)12/h2-3,6H,4-5,10-11H2,1H3. The molecule has 0 amide bonds. The molecule has 0 saturated heterocycles. The minimum absolute atomic E-state index is 0.512. The first-order chi connectivity index (χ1) is 6.69. The van der Waals surface area contributed by atoms with E-state index in [9.17, 15) is 4.21 Å². The van der Waals surface area contributed by atoms with Gasteiger partial charge in [0.15, 0.2) is 0 Å². The average molecular weight is 214 g/mol. The molecule has 1 aromatic rings. The van der Waals surface area contributed by atoms with Gasteiger partial charge in [-0.25, -0.2) is 9.35 Å². The molecule has 4 N–H and O–H groups in total. The number of benzene rings is 1. The lowest BCUT2D eigenvalue weighted by Crippen LogP contribution is -2.07. The third kappa shape index (κ3) is 2.54. The number of rotatable bonds is 4. The molecule has 78 valence electrons. The van der Waals surface area contributed by atoms with Crippen molar-refractivity contribution in [1.82, 2.24) is 0 Å². The van der Waals surface area contributed by atoms with E-state index in [0.29, 0.717) is 17.2 Å². The Kier molecular flexibility index (Phi) is 4.06. The SMILES string of the molecule is COc1ccc(CCN)cc1S(N)=O. The fraction of sp³-hybridized carbons (Fsp3) is 0.333. The largest absolute Gasteiger partial charge is 0.495 e. The van der Waals surface area contributed by atoms with E-state index >= 15 is 0 Å². The first-order valence-electron chi connectivity index (χ1n) is 4.22. The molecule has 14 heavy (non-hydrogen) atoms.